The lowest BCUT2D eigenvalue weighted by Crippen LogP contribution is -2.43. The van der Waals surface area contributed by atoms with Gasteiger partial charge < -0.3 is 19.9 Å². The molecule has 0 unspecified atom stereocenters. The minimum Gasteiger partial charge on any atom is -0.485 e. The quantitative estimate of drug-likeness (QED) is 0.705. The maximum absolute atomic E-state index is 12.3. The van der Waals surface area contributed by atoms with E-state index in [4.69, 9.17) is 9.47 Å². The Morgan fingerprint density at radius 3 is 2.88 bits per heavy atom. The highest BCUT2D eigenvalue weighted by molar-refractivity contribution is 7.12. The molecule has 1 amide bonds. The van der Waals surface area contributed by atoms with Crippen LogP contribution in [0.15, 0.2) is 53.2 Å². The fraction of sp³-hybridized carbons (Fsp3) is 0.211. The van der Waals surface area contributed by atoms with Crippen molar-refractivity contribution in [2.45, 2.75) is 18.8 Å². The third-order valence-corrected chi connectivity index (χ3v) is 5.89. The summed E-state index contributed by atoms with van der Waals surface area (Å²) in [6.45, 7) is 0.580. The van der Waals surface area contributed by atoms with E-state index in [1.165, 1.54) is 11.3 Å². The molecule has 7 heteroatoms. The van der Waals surface area contributed by atoms with Crippen molar-refractivity contribution < 1.29 is 19.4 Å². The van der Waals surface area contributed by atoms with Crippen molar-refractivity contribution in [1.29, 1.82) is 0 Å². The van der Waals surface area contributed by atoms with Crippen LogP contribution in [0.1, 0.15) is 21.4 Å². The molecule has 1 aromatic carbocycles. The van der Waals surface area contributed by atoms with Gasteiger partial charge in [-0.3, -0.25) is 4.79 Å². The summed E-state index contributed by atoms with van der Waals surface area (Å²) in [5, 5.41) is 17.1. The van der Waals surface area contributed by atoms with Crippen LogP contribution in [0, 0.1) is 0 Å². The third-order valence-electron chi connectivity index (χ3n) is 4.05. The topological polar surface area (TPSA) is 67.8 Å². The molecule has 5 nitrogen and oxygen atoms in total. The Labute approximate surface area is 158 Å². The monoisotopic (exact) mass is 387 g/mol. The predicted octanol–water partition coefficient (Wildman–Crippen LogP) is 3.35. The van der Waals surface area contributed by atoms with E-state index in [9.17, 15) is 9.90 Å². The second kappa shape index (κ2) is 7.49. The molecular weight excluding hydrogens is 370 g/mol. The molecule has 0 bridgehead atoms. The fourth-order valence-electron chi connectivity index (χ4n) is 2.67. The minimum absolute atomic E-state index is 0.190. The molecule has 2 aromatic heterocycles. The molecule has 3 heterocycles. The number of thiophene rings is 2. The summed E-state index contributed by atoms with van der Waals surface area (Å²) in [4.78, 5) is 14.2. The molecule has 2 atom stereocenters. The summed E-state index contributed by atoms with van der Waals surface area (Å²) in [6, 6.07) is 13.0. The van der Waals surface area contributed by atoms with E-state index in [2.05, 4.69) is 5.32 Å². The molecule has 26 heavy (non-hydrogen) atoms. The van der Waals surface area contributed by atoms with Crippen molar-refractivity contribution in [1.82, 2.24) is 5.32 Å². The van der Waals surface area contributed by atoms with Crippen LogP contribution in [0.25, 0.3) is 0 Å². The minimum atomic E-state index is -0.666. The zero-order chi connectivity index (χ0) is 17.9. The van der Waals surface area contributed by atoms with Crippen molar-refractivity contribution in [3.8, 4) is 11.5 Å². The highest BCUT2D eigenvalue weighted by Gasteiger charge is 2.27. The molecule has 0 aliphatic carbocycles. The van der Waals surface area contributed by atoms with Gasteiger partial charge >= 0.3 is 0 Å². The van der Waals surface area contributed by atoms with Crippen molar-refractivity contribution in [3.05, 3.63) is 68.5 Å². The number of carbonyl (C=O) groups excluding carboxylic acids is 1. The van der Waals surface area contributed by atoms with Gasteiger partial charge in [0.2, 0.25) is 6.10 Å². The third kappa shape index (κ3) is 3.60. The van der Waals surface area contributed by atoms with Gasteiger partial charge in [-0.15, -0.1) is 11.3 Å². The van der Waals surface area contributed by atoms with Crippen LogP contribution in [0.3, 0.4) is 0 Å². The number of benzene rings is 1. The van der Waals surface area contributed by atoms with Gasteiger partial charge in [0, 0.05) is 9.75 Å². The molecule has 134 valence electrons. The van der Waals surface area contributed by atoms with Gasteiger partial charge in [-0.05, 0) is 46.7 Å². The zero-order valence-corrected chi connectivity index (χ0v) is 15.4. The fourth-order valence-corrected chi connectivity index (χ4v) is 4.31. The molecule has 2 N–H and O–H groups in total. The lowest BCUT2D eigenvalue weighted by atomic mass is 10.2. The van der Waals surface area contributed by atoms with Crippen LogP contribution in [0.4, 0.5) is 0 Å². The molecule has 4 rings (SSSR count). The van der Waals surface area contributed by atoms with Gasteiger partial charge in [-0.25, -0.2) is 0 Å². The summed E-state index contributed by atoms with van der Waals surface area (Å²) < 4.78 is 11.3. The molecule has 1 aliphatic rings. The van der Waals surface area contributed by atoms with E-state index >= 15 is 0 Å². The Bertz CT molecular complexity index is 891. The van der Waals surface area contributed by atoms with E-state index in [0.29, 0.717) is 18.0 Å². The summed E-state index contributed by atoms with van der Waals surface area (Å²) >= 11 is 3.04. The smallest absolute Gasteiger partial charge is 0.264 e. The number of aliphatic hydroxyl groups is 1. The van der Waals surface area contributed by atoms with E-state index in [-0.39, 0.29) is 12.5 Å². The lowest BCUT2D eigenvalue weighted by molar-refractivity contribution is -0.130. The number of rotatable bonds is 5. The van der Waals surface area contributed by atoms with Crippen LogP contribution in [0.5, 0.6) is 11.5 Å². The number of hydrogen-bond donors (Lipinski definition) is 2. The Hall–Kier alpha value is -2.35. The van der Waals surface area contributed by atoms with Gasteiger partial charge in [0.25, 0.3) is 5.91 Å². The van der Waals surface area contributed by atoms with Crippen LogP contribution < -0.4 is 14.8 Å². The number of fused-ring (bicyclic) bond motifs is 1. The average molecular weight is 387 g/mol. The summed E-state index contributed by atoms with van der Waals surface area (Å²) in [7, 11) is 0. The summed E-state index contributed by atoms with van der Waals surface area (Å²) in [5.41, 5.74) is 0.888. The first kappa shape index (κ1) is 17.1. The van der Waals surface area contributed by atoms with Gasteiger partial charge in [-0.2, -0.15) is 11.3 Å². The number of ether oxygens (including phenoxy) is 2. The summed E-state index contributed by atoms with van der Waals surface area (Å²) in [6.07, 6.45) is -1.29. The van der Waals surface area contributed by atoms with Crippen molar-refractivity contribution in [3.63, 3.8) is 0 Å². The second-order valence-corrected chi connectivity index (χ2v) is 7.83. The molecule has 1 aliphatic heterocycles. The maximum Gasteiger partial charge on any atom is 0.264 e. The largest absolute Gasteiger partial charge is 0.485 e. The normalized spacial score (nSPS) is 16.9. The number of hydrogen-bond acceptors (Lipinski definition) is 6. The van der Waals surface area contributed by atoms with Gasteiger partial charge in [0.15, 0.2) is 11.5 Å². The van der Waals surface area contributed by atoms with Crippen LogP contribution in [0.2, 0.25) is 0 Å². The van der Waals surface area contributed by atoms with Crippen molar-refractivity contribution in [2.24, 2.45) is 0 Å². The highest BCUT2D eigenvalue weighted by Crippen LogP contribution is 2.31. The average Bonchev–Trinajstić information content (AvgIpc) is 3.37. The van der Waals surface area contributed by atoms with Crippen LogP contribution in [-0.2, 0) is 11.3 Å². The highest BCUT2D eigenvalue weighted by atomic mass is 32.1. The first-order chi connectivity index (χ1) is 12.7. The van der Waals surface area contributed by atoms with Gasteiger partial charge in [0.1, 0.15) is 12.7 Å². The van der Waals surface area contributed by atoms with E-state index in [0.717, 1.165) is 15.3 Å². The van der Waals surface area contributed by atoms with Crippen molar-refractivity contribution in [2.75, 3.05) is 6.61 Å². The molecule has 0 saturated carbocycles. The van der Waals surface area contributed by atoms with E-state index < -0.39 is 12.2 Å². The number of amides is 1. The maximum atomic E-state index is 12.3. The second-order valence-electron chi connectivity index (χ2n) is 5.85. The van der Waals surface area contributed by atoms with Gasteiger partial charge in [0.05, 0.1) is 6.54 Å². The Morgan fingerprint density at radius 2 is 2.08 bits per heavy atom. The number of nitrogens with one attached hydrogen (secondary N) is 1. The van der Waals surface area contributed by atoms with Crippen LogP contribution in [-0.4, -0.2) is 23.7 Å². The van der Waals surface area contributed by atoms with Crippen molar-refractivity contribution >= 4 is 28.6 Å². The molecule has 0 radical (unpaired) electrons. The van der Waals surface area contributed by atoms with Crippen LogP contribution >= 0.6 is 22.7 Å². The Balaban J connectivity index is 1.34. The molecule has 0 saturated heterocycles. The Morgan fingerprint density at radius 1 is 1.23 bits per heavy atom. The predicted molar refractivity (Wildman–Crippen MR) is 101 cm³/mol. The zero-order valence-electron chi connectivity index (χ0n) is 13.8. The first-order valence-electron chi connectivity index (χ1n) is 8.15. The molecule has 0 spiro atoms. The molecular formula is C19H17NO4S2. The van der Waals surface area contributed by atoms with Gasteiger partial charge in [-0.1, -0.05) is 12.1 Å². The first-order valence-corrected chi connectivity index (χ1v) is 9.91. The Kier molecular flexibility index (Phi) is 4.92. The SMILES string of the molecule is O=C(NCc1ccc([C@H](O)c2ccsc2)s1)[C@H]1COc2ccccc2O1. The van der Waals surface area contributed by atoms with E-state index in [1.807, 2.05) is 47.2 Å². The summed E-state index contributed by atoms with van der Waals surface area (Å²) in [5.74, 6) is 1.02. The van der Waals surface area contributed by atoms with E-state index in [1.54, 1.807) is 17.4 Å². The number of aliphatic hydroxyl groups excluding tert-OH is 1. The number of carbonyl (C=O) groups is 1. The number of para-hydroxylation sites is 2. The standard InChI is InChI=1S/C19H17NO4S2/c21-18(12-7-8-25-11-12)17-6-5-13(26-17)9-20-19(22)16-10-23-14-3-1-2-4-15(14)24-16/h1-8,11,16,18,21H,9-10H2,(H,20,22)/t16-,18-/m1/s1. The molecule has 3 aromatic rings. The molecule has 0 fully saturated rings. The lowest BCUT2D eigenvalue weighted by Gasteiger charge is -2.25.